The summed E-state index contributed by atoms with van der Waals surface area (Å²) in [5, 5.41) is 0. The summed E-state index contributed by atoms with van der Waals surface area (Å²) >= 11 is 0. The van der Waals surface area contributed by atoms with Crippen molar-refractivity contribution in [3.05, 3.63) is 29.8 Å². The average Bonchev–Trinajstić information content (AvgIpc) is 3.07. The lowest BCUT2D eigenvalue weighted by Crippen LogP contribution is -2.19. The Labute approximate surface area is 145 Å². The quantitative estimate of drug-likeness (QED) is 0.432. The Balaban J connectivity index is 1.63. The minimum atomic E-state index is -0.229. The van der Waals surface area contributed by atoms with Gasteiger partial charge in [-0.2, -0.15) is 0 Å². The molecule has 0 saturated carbocycles. The van der Waals surface area contributed by atoms with Gasteiger partial charge in [0, 0.05) is 12.0 Å². The highest BCUT2D eigenvalue weighted by Gasteiger charge is 2.26. The van der Waals surface area contributed by atoms with E-state index in [1.807, 2.05) is 0 Å². The lowest BCUT2D eigenvalue weighted by molar-refractivity contribution is -0.127. The molecule has 2 rings (SSSR count). The van der Waals surface area contributed by atoms with E-state index in [0.29, 0.717) is 11.7 Å². The van der Waals surface area contributed by atoms with E-state index in [1.54, 1.807) is 31.4 Å². The molecule has 0 amide bonds. The molecule has 0 bridgehead atoms. The highest BCUT2D eigenvalue weighted by molar-refractivity contribution is 5.97. The molecule has 4 nitrogen and oxygen atoms in total. The zero-order valence-electron chi connectivity index (χ0n) is 15.0. The molecule has 1 aromatic rings. The van der Waals surface area contributed by atoms with Gasteiger partial charge in [0.05, 0.1) is 13.2 Å². The second-order valence-electron chi connectivity index (χ2n) is 6.43. The van der Waals surface area contributed by atoms with Crippen LogP contribution in [-0.4, -0.2) is 31.9 Å². The van der Waals surface area contributed by atoms with Gasteiger partial charge in [0.2, 0.25) is 0 Å². The molecule has 0 N–H and O–H groups in total. The molecule has 1 fully saturated rings. The lowest BCUT2D eigenvalue weighted by atomic mass is 10.1. The molecule has 0 aliphatic carbocycles. The third kappa shape index (κ3) is 6.25. The first kappa shape index (κ1) is 18.9. The third-order valence-corrected chi connectivity index (χ3v) is 4.51. The summed E-state index contributed by atoms with van der Waals surface area (Å²) in [6.45, 7) is 2.30. The number of carbonyl (C=O) groups is 1. The van der Waals surface area contributed by atoms with Crippen LogP contribution in [0.15, 0.2) is 24.3 Å². The molecule has 2 unspecified atom stereocenters. The average molecular weight is 334 g/mol. The summed E-state index contributed by atoms with van der Waals surface area (Å²) in [6.07, 6.45) is 9.53. The summed E-state index contributed by atoms with van der Waals surface area (Å²) in [6, 6.07) is 7.10. The van der Waals surface area contributed by atoms with Crippen molar-refractivity contribution >= 4 is 5.78 Å². The fourth-order valence-electron chi connectivity index (χ4n) is 3.01. The fourth-order valence-corrected chi connectivity index (χ4v) is 3.01. The van der Waals surface area contributed by atoms with E-state index in [1.165, 1.54) is 32.1 Å². The lowest BCUT2D eigenvalue weighted by Gasteiger charge is -2.14. The molecule has 1 aromatic carbocycles. The molecular formula is C20H30O4. The summed E-state index contributed by atoms with van der Waals surface area (Å²) in [5.74, 6) is 0.720. The van der Waals surface area contributed by atoms with Crippen LogP contribution in [0.5, 0.6) is 5.75 Å². The van der Waals surface area contributed by atoms with Crippen LogP contribution in [0, 0.1) is 0 Å². The Morgan fingerprint density at radius 1 is 1.12 bits per heavy atom. The molecule has 0 radical (unpaired) electrons. The van der Waals surface area contributed by atoms with Crippen molar-refractivity contribution in [1.82, 2.24) is 0 Å². The smallest absolute Gasteiger partial charge is 0.188 e. The molecule has 24 heavy (non-hydrogen) atoms. The van der Waals surface area contributed by atoms with Crippen LogP contribution in [0.3, 0.4) is 0 Å². The van der Waals surface area contributed by atoms with E-state index in [9.17, 15) is 4.79 Å². The van der Waals surface area contributed by atoms with Crippen molar-refractivity contribution < 1.29 is 19.0 Å². The predicted molar refractivity (Wildman–Crippen MR) is 94.5 cm³/mol. The van der Waals surface area contributed by atoms with Crippen LogP contribution >= 0.6 is 0 Å². The first-order valence-corrected chi connectivity index (χ1v) is 9.17. The maximum Gasteiger partial charge on any atom is 0.188 e. The van der Waals surface area contributed by atoms with Crippen LogP contribution in [0.4, 0.5) is 0 Å². The molecule has 1 heterocycles. The van der Waals surface area contributed by atoms with Gasteiger partial charge in [0.25, 0.3) is 0 Å². The Morgan fingerprint density at radius 3 is 2.58 bits per heavy atom. The van der Waals surface area contributed by atoms with Crippen molar-refractivity contribution in [2.75, 3.05) is 13.7 Å². The topological polar surface area (TPSA) is 44.8 Å². The number of Topliss-reactive ketones (excluding diaryl/α,β-unsaturated/α-hetero) is 1. The molecule has 1 aliphatic heterocycles. The van der Waals surface area contributed by atoms with Gasteiger partial charge < -0.3 is 14.2 Å². The van der Waals surface area contributed by atoms with E-state index in [-0.39, 0.29) is 18.7 Å². The first-order chi connectivity index (χ1) is 11.7. The standard InChI is InChI=1S/C20H30O4/c1-3-4-5-6-7-8-18-13-14-20(24-18)23-15-19(21)16-9-11-17(22-2)12-10-16/h9-12,18,20H,3-8,13-15H2,1-2H3. The zero-order chi connectivity index (χ0) is 17.2. The predicted octanol–water partition coefficient (Wildman–Crippen LogP) is 4.76. The molecule has 1 saturated heterocycles. The number of benzene rings is 1. The molecule has 0 aromatic heterocycles. The van der Waals surface area contributed by atoms with E-state index in [0.717, 1.165) is 25.0 Å². The first-order valence-electron chi connectivity index (χ1n) is 9.17. The van der Waals surface area contributed by atoms with Gasteiger partial charge in [0.1, 0.15) is 12.4 Å². The van der Waals surface area contributed by atoms with Crippen LogP contribution in [0.1, 0.15) is 68.6 Å². The van der Waals surface area contributed by atoms with E-state index >= 15 is 0 Å². The summed E-state index contributed by atoms with van der Waals surface area (Å²) in [4.78, 5) is 12.1. The second-order valence-corrected chi connectivity index (χ2v) is 6.43. The van der Waals surface area contributed by atoms with Crippen molar-refractivity contribution in [1.29, 1.82) is 0 Å². The number of ether oxygens (including phenoxy) is 3. The minimum absolute atomic E-state index is 0.0238. The van der Waals surface area contributed by atoms with Crippen LogP contribution < -0.4 is 4.74 Å². The van der Waals surface area contributed by atoms with E-state index in [4.69, 9.17) is 14.2 Å². The summed E-state index contributed by atoms with van der Waals surface area (Å²) in [5.41, 5.74) is 0.640. The number of hydrogen-bond donors (Lipinski definition) is 0. The molecule has 0 spiro atoms. The van der Waals surface area contributed by atoms with Crippen molar-refractivity contribution in [3.8, 4) is 5.75 Å². The van der Waals surface area contributed by atoms with Gasteiger partial charge in [-0.3, -0.25) is 4.79 Å². The Morgan fingerprint density at radius 2 is 1.88 bits per heavy atom. The van der Waals surface area contributed by atoms with Gasteiger partial charge >= 0.3 is 0 Å². The molecule has 1 aliphatic rings. The third-order valence-electron chi connectivity index (χ3n) is 4.51. The van der Waals surface area contributed by atoms with Gasteiger partial charge in [0.15, 0.2) is 12.1 Å². The van der Waals surface area contributed by atoms with E-state index < -0.39 is 0 Å². The zero-order valence-corrected chi connectivity index (χ0v) is 15.0. The number of hydrogen-bond acceptors (Lipinski definition) is 4. The Bertz CT molecular complexity index is 483. The normalized spacial score (nSPS) is 20.2. The number of carbonyl (C=O) groups excluding carboxylic acids is 1. The monoisotopic (exact) mass is 334 g/mol. The number of rotatable bonds is 11. The molecule has 2 atom stereocenters. The van der Waals surface area contributed by atoms with E-state index in [2.05, 4.69) is 6.92 Å². The fraction of sp³-hybridized carbons (Fsp3) is 0.650. The maximum atomic E-state index is 12.1. The van der Waals surface area contributed by atoms with Gasteiger partial charge in [-0.15, -0.1) is 0 Å². The Hall–Kier alpha value is -1.39. The minimum Gasteiger partial charge on any atom is -0.497 e. The SMILES string of the molecule is CCCCCCCC1CCC(OCC(=O)c2ccc(OC)cc2)O1. The highest BCUT2D eigenvalue weighted by Crippen LogP contribution is 2.25. The number of methoxy groups -OCH3 is 1. The van der Waals surface area contributed by atoms with Gasteiger partial charge in [-0.05, 0) is 37.1 Å². The molecule has 4 heteroatoms. The largest absolute Gasteiger partial charge is 0.497 e. The second kappa shape index (κ2) is 10.5. The van der Waals surface area contributed by atoms with Crippen molar-refractivity contribution in [3.63, 3.8) is 0 Å². The van der Waals surface area contributed by atoms with Gasteiger partial charge in [-0.25, -0.2) is 0 Å². The van der Waals surface area contributed by atoms with Gasteiger partial charge in [-0.1, -0.05) is 39.0 Å². The molecule has 134 valence electrons. The van der Waals surface area contributed by atoms with Crippen molar-refractivity contribution in [2.24, 2.45) is 0 Å². The summed E-state index contributed by atoms with van der Waals surface area (Å²) in [7, 11) is 1.61. The van der Waals surface area contributed by atoms with Crippen LogP contribution in [-0.2, 0) is 9.47 Å². The van der Waals surface area contributed by atoms with Crippen LogP contribution in [0.2, 0.25) is 0 Å². The maximum absolute atomic E-state index is 12.1. The van der Waals surface area contributed by atoms with Crippen molar-refractivity contribution in [2.45, 2.75) is 70.7 Å². The number of ketones is 1. The highest BCUT2D eigenvalue weighted by atomic mass is 16.7. The van der Waals surface area contributed by atoms with Crippen LogP contribution in [0.25, 0.3) is 0 Å². The number of unbranched alkanes of at least 4 members (excludes halogenated alkanes) is 4. The Kier molecular flexibility index (Phi) is 8.26. The summed E-state index contributed by atoms with van der Waals surface area (Å²) < 4.78 is 16.6. The molecular weight excluding hydrogens is 304 g/mol.